The zero-order chi connectivity index (χ0) is 21.8. The highest BCUT2D eigenvalue weighted by molar-refractivity contribution is 7.17. The van der Waals surface area contributed by atoms with E-state index in [1.807, 2.05) is 12.2 Å². The van der Waals surface area contributed by atoms with Crippen LogP contribution in [0.3, 0.4) is 0 Å². The fraction of sp³-hybridized carbons (Fsp3) is 0.625. The number of hydrogen-bond acceptors (Lipinski definition) is 4. The number of carboxylic acid groups (broad SMARTS) is 1. The van der Waals surface area contributed by atoms with Crippen molar-refractivity contribution in [3.8, 4) is 0 Å². The third-order valence-corrected chi connectivity index (χ3v) is 8.12. The Morgan fingerprint density at radius 1 is 0.903 bits per heavy atom. The number of nitrogens with one attached hydrogen (secondary N) is 2. The number of carbonyl (C=O) groups is 3. The lowest BCUT2D eigenvalue weighted by atomic mass is 9.82. The molecule has 1 aromatic heterocycles. The van der Waals surface area contributed by atoms with Crippen LogP contribution in [0.1, 0.15) is 85.0 Å². The molecule has 0 bridgehead atoms. The first-order chi connectivity index (χ1) is 15.0. The lowest BCUT2D eigenvalue weighted by molar-refractivity contribution is -0.146. The van der Waals surface area contributed by atoms with Gasteiger partial charge in [0.2, 0.25) is 5.91 Å². The van der Waals surface area contributed by atoms with E-state index in [4.69, 9.17) is 0 Å². The van der Waals surface area contributed by atoms with Crippen molar-refractivity contribution in [2.24, 2.45) is 11.8 Å². The minimum atomic E-state index is -0.943. The molecule has 6 nitrogen and oxygen atoms in total. The Morgan fingerprint density at radius 2 is 1.58 bits per heavy atom. The van der Waals surface area contributed by atoms with E-state index in [0.717, 1.165) is 63.4 Å². The van der Waals surface area contributed by atoms with Crippen molar-refractivity contribution in [1.82, 2.24) is 5.32 Å². The van der Waals surface area contributed by atoms with Gasteiger partial charge in [0.05, 0.1) is 17.4 Å². The SMILES string of the molecule is O=C(NC1CCCCC1)c1c(NC(=O)[C@@H]2CC=CC[C@H]2C(=O)O)sc2c1CCCCC2. The Bertz CT molecular complexity index is 869. The average molecular weight is 445 g/mol. The molecule has 1 aromatic rings. The van der Waals surface area contributed by atoms with Crippen molar-refractivity contribution in [1.29, 1.82) is 0 Å². The highest BCUT2D eigenvalue weighted by atomic mass is 32.1. The maximum Gasteiger partial charge on any atom is 0.307 e. The van der Waals surface area contributed by atoms with Crippen LogP contribution in [0.2, 0.25) is 0 Å². The molecular weight excluding hydrogens is 412 g/mol. The Hall–Kier alpha value is -2.15. The maximum atomic E-state index is 13.3. The molecular formula is C24H32N2O4S. The van der Waals surface area contributed by atoms with E-state index < -0.39 is 17.8 Å². The van der Waals surface area contributed by atoms with Crippen molar-refractivity contribution < 1.29 is 19.5 Å². The summed E-state index contributed by atoms with van der Waals surface area (Å²) in [5.41, 5.74) is 1.71. The predicted molar refractivity (Wildman–Crippen MR) is 122 cm³/mol. The molecule has 3 N–H and O–H groups in total. The van der Waals surface area contributed by atoms with E-state index in [1.54, 1.807) is 0 Å². The smallest absolute Gasteiger partial charge is 0.307 e. The molecule has 4 rings (SSSR count). The van der Waals surface area contributed by atoms with Gasteiger partial charge in [-0.15, -0.1) is 11.3 Å². The second kappa shape index (κ2) is 9.98. The number of aliphatic carboxylic acids is 1. The van der Waals surface area contributed by atoms with Crippen LogP contribution < -0.4 is 10.6 Å². The first-order valence-electron chi connectivity index (χ1n) is 11.7. The van der Waals surface area contributed by atoms with Gasteiger partial charge in [0.1, 0.15) is 5.00 Å². The number of rotatable bonds is 5. The maximum absolute atomic E-state index is 13.3. The molecule has 1 fully saturated rings. The molecule has 1 heterocycles. The Morgan fingerprint density at radius 3 is 2.32 bits per heavy atom. The lowest BCUT2D eigenvalue weighted by Gasteiger charge is -2.25. The molecule has 0 aromatic carbocycles. The molecule has 7 heteroatoms. The lowest BCUT2D eigenvalue weighted by Crippen LogP contribution is -2.37. The topological polar surface area (TPSA) is 95.5 Å². The number of amides is 2. The first kappa shape index (κ1) is 22.1. The molecule has 0 saturated heterocycles. The zero-order valence-corrected chi connectivity index (χ0v) is 18.8. The summed E-state index contributed by atoms with van der Waals surface area (Å²) in [6.07, 6.45) is 15.1. The second-order valence-electron chi connectivity index (χ2n) is 9.06. The predicted octanol–water partition coefficient (Wildman–Crippen LogP) is 4.69. The highest BCUT2D eigenvalue weighted by Crippen LogP contribution is 2.39. The molecule has 0 spiro atoms. The molecule has 0 unspecified atom stereocenters. The van der Waals surface area contributed by atoms with E-state index in [1.165, 1.54) is 22.6 Å². The number of allylic oxidation sites excluding steroid dienone is 2. The molecule has 0 radical (unpaired) electrons. The van der Waals surface area contributed by atoms with E-state index in [-0.39, 0.29) is 17.9 Å². The van der Waals surface area contributed by atoms with Crippen molar-refractivity contribution in [2.75, 3.05) is 5.32 Å². The van der Waals surface area contributed by atoms with Crippen LogP contribution in [0.5, 0.6) is 0 Å². The number of anilines is 1. The van der Waals surface area contributed by atoms with Crippen molar-refractivity contribution in [2.45, 2.75) is 83.1 Å². The van der Waals surface area contributed by atoms with Crippen LogP contribution in [-0.4, -0.2) is 28.9 Å². The van der Waals surface area contributed by atoms with Gasteiger partial charge in [-0.25, -0.2) is 0 Å². The molecule has 0 aliphatic heterocycles. The van der Waals surface area contributed by atoms with Crippen LogP contribution in [0.4, 0.5) is 5.00 Å². The molecule has 3 aliphatic carbocycles. The van der Waals surface area contributed by atoms with Crippen LogP contribution in [-0.2, 0) is 22.4 Å². The minimum absolute atomic E-state index is 0.0834. The summed E-state index contributed by atoms with van der Waals surface area (Å²) in [5.74, 6) is -2.65. The van der Waals surface area contributed by atoms with Gasteiger partial charge in [0.15, 0.2) is 0 Å². The number of carbonyl (C=O) groups excluding carboxylic acids is 2. The summed E-state index contributed by atoms with van der Waals surface area (Å²) in [6.45, 7) is 0. The van der Waals surface area contributed by atoms with Crippen LogP contribution >= 0.6 is 11.3 Å². The minimum Gasteiger partial charge on any atom is -0.481 e. The van der Waals surface area contributed by atoms with E-state index >= 15 is 0 Å². The molecule has 2 atom stereocenters. The summed E-state index contributed by atoms with van der Waals surface area (Å²) in [4.78, 5) is 39.3. The summed E-state index contributed by atoms with van der Waals surface area (Å²) < 4.78 is 0. The van der Waals surface area contributed by atoms with Gasteiger partial charge in [-0.3, -0.25) is 14.4 Å². The molecule has 168 valence electrons. The fourth-order valence-corrected chi connectivity index (χ4v) is 6.45. The Labute approximate surface area is 187 Å². The first-order valence-corrected chi connectivity index (χ1v) is 12.5. The highest BCUT2D eigenvalue weighted by Gasteiger charge is 2.35. The van der Waals surface area contributed by atoms with E-state index in [2.05, 4.69) is 10.6 Å². The number of thiophene rings is 1. The van der Waals surface area contributed by atoms with Crippen LogP contribution in [0, 0.1) is 11.8 Å². The van der Waals surface area contributed by atoms with Crippen LogP contribution in [0.25, 0.3) is 0 Å². The molecule has 31 heavy (non-hydrogen) atoms. The van der Waals surface area contributed by atoms with Crippen molar-refractivity contribution in [3.05, 3.63) is 28.2 Å². The molecule has 1 saturated carbocycles. The second-order valence-corrected chi connectivity index (χ2v) is 10.2. The van der Waals surface area contributed by atoms with Gasteiger partial charge >= 0.3 is 5.97 Å². The summed E-state index contributed by atoms with van der Waals surface area (Å²) in [5, 5.41) is 16.3. The average Bonchev–Trinajstić information content (AvgIpc) is 2.94. The standard InChI is InChI=1S/C24H32N2O4S/c27-21(16-11-7-8-12-17(16)24(29)30)26-23-20(18-13-5-2-6-14-19(18)31-23)22(28)25-15-9-3-1-4-10-15/h7-8,15-17H,1-6,9-14H2,(H,25,28)(H,26,27)(H,29,30)/t16-,17-/m1/s1. The third-order valence-electron chi connectivity index (χ3n) is 6.91. The van der Waals surface area contributed by atoms with Gasteiger partial charge in [-0.05, 0) is 56.9 Å². The monoisotopic (exact) mass is 444 g/mol. The van der Waals surface area contributed by atoms with Crippen LogP contribution in [0.15, 0.2) is 12.2 Å². The quantitative estimate of drug-likeness (QED) is 0.454. The van der Waals surface area contributed by atoms with Gasteiger partial charge in [-0.2, -0.15) is 0 Å². The fourth-order valence-electron chi connectivity index (χ4n) is 5.16. The van der Waals surface area contributed by atoms with E-state index in [0.29, 0.717) is 23.4 Å². The number of aryl methyl sites for hydroxylation is 1. The molecule has 2 amide bonds. The van der Waals surface area contributed by atoms with Gasteiger partial charge < -0.3 is 15.7 Å². The van der Waals surface area contributed by atoms with Crippen molar-refractivity contribution in [3.63, 3.8) is 0 Å². The largest absolute Gasteiger partial charge is 0.481 e. The van der Waals surface area contributed by atoms with Crippen molar-refractivity contribution >= 4 is 34.1 Å². The van der Waals surface area contributed by atoms with Gasteiger partial charge in [0.25, 0.3) is 5.91 Å². The molecule has 3 aliphatic rings. The number of fused-ring (bicyclic) bond motifs is 1. The Balaban J connectivity index is 1.59. The Kier molecular flexibility index (Phi) is 7.10. The van der Waals surface area contributed by atoms with E-state index in [9.17, 15) is 19.5 Å². The zero-order valence-electron chi connectivity index (χ0n) is 18.0. The summed E-state index contributed by atoms with van der Waals surface area (Å²) in [6, 6.07) is 0.200. The van der Waals surface area contributed by atoms with Gasteiger partial charge in [0, 0.05) is 10.9 Å². The van der Waals surface area contributed by atoms with Gasteiger partial charge in [-0.1, -0.05) is 37.8 Å². The number of hydrogen-bond donors (Lipinski definition) is 3. The number of carboxylic acids is 1. The summed E-state index contributed by atoms with van der Waals surface area (Å²) >= 11 is 1.51. The summed E-state index contributed by atoms with van der Waals surface area (Å²) in [7, 11) is 0. The normalized spacial score (nSPS) is 24.1. The third kappa shape index (κ3) is 5.03.